The molecule has 3 aromatic rings. The van der Waals surface area contributed by atoms with Gasteiger partial charge in [-0.15, -0.1) is 0 Å². The van der Waals surface area contributed by atoms with Gasteiger partial charge in [0.05, 0.1) is 30.6 Å². The molecule has 1 saturated heterocycles. The van der Waals surface area contributed by atoms with E-state index in [1.54, 1.807) is 6.20 Å². The molecule has 7 heteroatoms. The van der Waals surface area contributed by atoms with Gasteiger partial charge in [0.2, 0.25) is 5.95 Å². The highest BCUT2D eigenvalue weighted by atomic mass is 79.9. The van der Waals surface area contributed by atoms with Crippen molar-refractivity contribution in [1.29, 1.82) is 0 Å². The Hall–Kier alpha value is -2.25. The van der Waals surface area contributed by atoms with E-state index in [4.69, 9.17) is 4.74 Å². The SMILES string of the molecule is BrC1CN(c2nccc(Nc3cnc4ccccc4c3)n2)CCO1. The number of benzene rings is 1. The van der Waals surface area contributed by atoms with Crippen LogP contribution in [0.5, 0.6) is 0 Å². The number of aromatic nitrogens is 3. The van der Waals surface area contributed by atoms with Crippen molar-refractivity contribution in [3.63, 3.8) is 0 Å². The third-order valence-corrected chi connectivity index (χ3v) is 4.37. The first kappa shape index (κ1) is 15.3. The third-order valence-electron chi connectivity index (χ3n) is 3.81. The van der Waals surface area contributed by atoms with E-state index in [9.17, 15) is 0 Å². The molecule has 0 bridgehead atoms. The maximum atomic E-state index is 5.49. The number of para-hydroxylation sites is 1. The number of hydrogen-bond donors (Lipinski definition) is 1. The summed E-state index contributed by atoms with van der Waals surface area (Å²) in [6.45, 7) is 2.16. The number of nitrogens with one attached hydrogen (secondary N) is 1. The molecule has 0 spiro atoms. The van der Waals surface area contributed by atoms with Crippen molar-refractivity contribution in [2.45, 2.75) is 5.01 Å². The Labute approximate surface area is 148 Å². The van der Waals surface area contributed by atoms with Crippen LogP contribution in [0, 0.1) is 0 Å². The molecule has 0 radical (unpaired) electrons. The van der Waals surface area contributed by atoms with Gasteiger partial charge < -0.3 is 15.0 Å². The molecule has 1 aliphatic rings. The zero-order chi connectivity index (χ0) is 16.4. The number of morpholine rings is 1. The van der Waals surface area contributed by atoms with Gasteiger partial charge >= 0.3 is 0 Å². The molecule has 1 aliphatic heterocycles. The molecule has 1 unspecified atom stereocenters. The fraction of sp³-hybridized carbons (Fsp3) is 0.235. The summed E-state index contributed by atoms with van der Waals surface area (Å²) < 4.78 is 5.49. The minimum absolute atomic E-state index is 0.0103. The van der Waals surface area contributed by atoms with Crippen LogP contribution in [0.15, 0.2) is 48.8 Å². The number of anilines is 3. The third kappa shape index (κ3) is 3.32. The first-order valence-electron chi connectivity index (χ1n) is 7.73. The fourth-order valence-electron chi connectivity index (χ4n) is 2.65. The first-order valence-corrected chi connectivity index (χ1v) is 8.65. The van der Waals surface area contributed by atoms with Crippen LogP contribution >= 0.6 is 15.9 Å². The maximum absolute atomic E-state index is 5.49. The summed E-state index contributed by atoms with van der Waals surface area (Å²) in [4.78, 5) is 15.5. The van der Waals surface area contributed by atoms with Gasteiger partial charge in [0.1, 0.15) is 10.8 Å². The highest BCUT2D eigenvalue weighted by molar-refractivity contribution is 9.09. The molecule has 3 heterocycles. The second-order valence-electron chi connectivity index (χ2n) is 5.51. The summed E-state index contributed by atoms with van der Waals surface area (Å²) in [7, 11) is 0. The summed E-state index contributed by atoms with van der Waals surface area (Å²) in [6, 6.07) is 11.9. The monoisotopic (exact) mass is 385 g/mol. The van der Waals surface area contributed by atoms with Crippen molar-refractivity contribution < 1.29 is 4.74 Å². The Morgan fingerprint density at radius 3 is 3.04 bits per heavy atom. The lowest BCUT2D eigenvalue weighted by molar-refractivity contribution is 0.102. The van der Waals surface area contributed by atoms with Gasteiger partial charge in [-0.1, -0.05) is 34.1 Å². The molecule has 1 N–H and O–H groups in total. The molecular formula is C17H16BrN5O. The summed E-state index contributed by atoms with van der Waals surface area (Å²) in [5.41, 5.74) is 1.88. The number of fused-ring (bicyclic) bond motifs is 1. The highest BCUT2D eigenvalue weighted by Crippen LogP contribution is 2.21. The number of ether oxygens (including phenoxy) is 1. The van der Waals surface area contributed by atoms with Crippen LogP contribution in [0.3, 0.4) is 0 Å². The van der Waals surface area contributed by atoms with Crippen LogP contribution in [-0.4, -0.2) is 39.7 Å². The maximum Gasteiger partial charge on any atom is 0.227 e. The Kier molecular flexibility index (Phi) is 4.27. The van der Waals surface area contributed by atoms with Gasteiger partial charge in [-0.3, -0.25) is 4.98 Å². The molecule has 24 heavy (non-hydrogen) atoms. The van der Waals surface area contributed by atoms with Gasteiger partial charge in [0, 0.05) is 18.1 Å². The van der Waals surface area contributed by atoms with Crippen molar-refractivity contribution in [2.75, 3.05) is 29.9 Å². The predicted molar refractivity (Wildman–Crippen MR) is 97.9 cm³/mol. The van der Waals surface area contributed by atoms with Gasteiger partial charge in [0.15, 0.2) is 0 Å². The van der Waals surface area contributed by atoms with Gasteiger partial charge in [0.25, 0.3) is 0 Å². The average molecular weight is 386 g/mol. The fourth-order valence-corrected chi connectivity index (χ4v) is 3.18. The van der Waals surface area contributed by atoms with Crippen LogP contribution < -0.4 is 10.2 Å². The summed E-state index contributed by atoms with van der Waals surface area (Å²) >= 11 is 3.48. The molecule has 6 nitrogen and oxygen atoms in total. The van der Waals surface area contributed by atoms with Gasteiger partial charge in [-0.2, -0.15) is 4.98 Å². The van der Waals surface area contributed by atoms with Crippen LogP contribution in [-0.2, 0) is 4.74 Å². The van der Waals surface area contributed by atoms with Crippen molar-refractivity contribution >= 4 is 44.3 Å². The molecule has 1 fully saturated rings. The number of halogens is 1. The molecule has 122 valence electrons. The number of nitrogens with zero attached hydrogens (tertiary/aromatic N) is 4. The van der Waals surface area contributed by atoms with Crippen molar-refractivity contribution in [3.8, 4) is 0 Å². The number of rotatable bonds is 3. The molecule has 2 aromatic heterocycles. The lowest BCUT2D eigenvalue weighted by Gasteiger charge is -2.30. The van der Waals surface area contributed by atoms with Crippen LogP contribution in [0.1, 0.15) is 0 Å². The minimum Gasteiger partial charge on any atom is -0.363 e. The largest absolute Gasteiger partial charge is 0.363 e. The Balaban J connectivity index is 1.56. The van der Waals surface area contributed by atoms with Crippen LogP contribution in [0.4, 0.5) is 17.5 Å². The number of hydrogen-bond acceptors (Lipinski definition) is 6. The van der Waals surface area contributed by atoms with E-state index in [1.807, 2.05) is 36.5 Å². The quantitative estimate of drug-likeness (QED) is 0.697. The lowest BCUT2D eigenvalue weighted by Crippen LogP contribution is -2.40. The smallest absolute Gasteiger partial charge is 0.227 e. The highest BCUT2D eigenvalue weighted by Gasteiger charge is 2.20. The van der Waals surface area contributed by atoms with E-state index < -0.39 is 0 Å². The topological polar surface area (TPSA) is 63.2 Å². The second kappa shape index (κ2) is 6.70. The summed E-state index contributed by atoms with van der Waals surface area (Å²) in [5, 5.41) is 4.40. The van der Waals surface area contributed by atoms with Crippen molar-refractivity contribution in [2.24, 2.45) is 0 Å². The van der Waals surface area contributed by atoms with Gasteiger partial charge in [-0.05, 0) is 18.2 Å². The number of pyridine rings is 1. The Morgan fingerprint density at radius 2 is 2.12 bits per heavy atom. The Morgan fingerprint density at radius 1 is 1.21 bits per heavy atom. The first-order chi connectivity index (χ1) is 11.8. The van der Waals surface area contributed by atoms with E-state index in [0.29, 0.717) is 12.6 Å². The van der Waals surface area contributed by atoms with E-state index in [-0.39, 0.29) is 5.01 Å². The lowest BCUT2D eigenvalue weighted by atomic mass is 10.2. The zero-order valence-electron chi connectivity index (χ0n) is 12.9. The van der Waals surface area contributed by atoms with Crippen molar-refractivity contribution in [1.82, 2.24) is 15.0 Å². The number of alkyl halides is 1. The molecule has 0 aliphatic carbocycles. The second-order valence-corrected chi connectivity index (χ2v) is 6.53. The summed E-state index contributed by atoms with van der Waals surface area (Å²) in [6.07, 6.45) is 3.57. The van der Waals surface area contributed by atoms with Crippen molar-refractivity contribution in [3.05, 3.63) is 48.8 Å². The van der Waals surface area contributed by atoms with E-state index in [1.165, 1.54) is 0 Å². The van der Waals surface area contributed by atoms with Crippen LogP contribution in [0.2, 0.25) is 0 Å². The molecule has 1 atom stereocenters. The molecule has 0 amide bonds. The zero-order valence-corrected chi connectivity index (χ0v) is 14.5. The predicted octanol–water partition coefficient (Wildman–Crippen LogP) is 3.33. The molecule has 1 aromatic carbocycles. The van der Waals surface area contributed by atoms with Crippen LogP contribution in [0.25, 0.3) is 10.9 Å². The van der Waals surface area contributed by atoms with E-state index in [2.05, 4.69) is 47.2 Å². The van der Waals surface area contributed by atoms with Gasteiger partial charge in [-0.25, -0.2) is 4.98 Å². The molecule has 0 saturated carbocycles. The standard InChI is InChI=1S/C17H16BrN5O/c18-15-11-23(7-8-24-15)17-19-6-5-16(22-17)21-13-9-12-3-1-2-4-14(12)20-10-13/h1-6,9-10,15H,7-8,11H2,(H,19,21,22). The Bertz CT molecular complexity index is 859. The average Bonchev–Trinajstić information content (AvgIpc) is 2.62. The van der Waals surface area contributed by atoms with E-state index >= 15 is 0 Å². The summed E-state index contributed by atoms with van der Waals surface area (Å²) in [5.74, 6) is 1.44. The minimum atomic E-state index is 0.0103. The van der Waals surface area contributed by atoms with E-state index in [0.717, 1.165) is 35.5 Å². The molecule has 4 rings (SSSR count). The normalized spacial score (nSPS) is 17.9. The molecular weight excluding hydrogens is 370 g/mol.